The molecule has 0 radical (unpaired) electrons. The van der Waals surface area contributed by atoms with Gasteiger partial charge >= 0.3 is 5.97 Å². The van der Waals surface area contributed by atoms with Crippen molar-refractivity contribution in [3.05, 3.63) is 30.1 Å². The third kappa shape index (κ3) is 4.98. The van der Waals surface area contributed by atoms with E-state index in [0.717, 1.165) is 5.56 Å². The number of carbonyl (C=O) groups excluding carboxylic acids is 1. The van der Waals surface area contributed by atoms with Gasteiger partial charge in [-0.2, -0.15) is 5.26 Å². The fourth-order valence-corrected chi connectivity index (χ4v) is 2.08. The van der Waals surface area contributed by atoms with Gasteiger partial charge in [0.2, 0.25) is 0 Å². The Hall–Kier alpha value is -1.93. The molecule has 0 saturated carbocycles. The van der Waals surface area contributed by atoms with Crippen LogP contribution in [0.15, 0.2) is 24.5 Å². The number of nitriles is 1. The highest BCUT2D eigenvalue weighted by atomic mass is 16.5. The SMILES string of the molecule is CCOC(=O)C(CC)N(CCC#N)Cc1cccnc1. The van der Waals surface area contributed by atoms with Crippen molar-refractivity contribution >= 4 is 5.97 Å². The molecule has 0 aliphatic rings. The van der Waals surface area contributed by atoms with Gasteiger partial charge in [-0.25, -0.2) is 0 Å². The second-order valence-electron chi connectivity index (χ2n) is 4.42. The molecule has 5 heteroatoms. The predicted molar refractivity (Wildman–Crippen MR) is 75.6 cm³/mol. The van der Waals surface area contributed by atoms with Crippen LogP contribution in [0, 0.1) is 11.3 Å². The lowest BCUT2D eigenvalue weighted by Crippen LogP contribution is -2.42. The van der Waals surface area contributed by atoms with Crippen LogP contribution in [-0.2, 0) is 16.1 Å². The molecular weight excluding hydrogens is 254 g/mol. The van der Waals surface area contributed by atoms with Gasteiger partial charge in [0, 0.05) is 31.9 Å². The summed E-state index contributed by atoms with van der Waals surface area (Å²) >= 11 is 0. The Morgan fingerprint density at radius 3 is 2.90 bits per heavy atom. The molecule has 1 aromatic heterocycles. The molecule has 1 unspecified atom stereocenters. The third-order valence-electron chi connectivity index (χ3n) is 3.01. The lowest BCUT2D eigenvalue weighted by molar-refractivity contribution is -0.150. The molecule has 0 spiro atoms. The summed E-state index contributed by atoms with van der Waals surface area (Å²) in [6, 6.07) is 5.63. The molecule has 0 N–H and O–H groups in total. The largest absolute Gasteiger partial charge is 0.465 e. The first-order valence-electron chi connectivity index (χ1n) is 6.89. The molecule has 5 nitrogen and oxygen atoms in total. The molecule has 0 aliphatic heterocycles. The molecular formula is C15H21N3O2. The Kier molecular flexibility index (Phi) is 7.30. The minimum atomic E-state index is -0.316. The van der Waals surface area contributed by atoms with Crippen molar-refractivity contribution in [2.24, 2.45) is 0 Å². The van der Waals surface area contributed by atoms with Crippen LogP contribution in [0.2, 0.25) is 0 Å². The summed E-state index contributed by atoms with van der Waals surface area (Å²) in [5, 5.41) is 8.77. The van der Waals surface area contributed by atoms with Crippen LogP contribution in [0.1, 0.15) is 32.3 Å². The van der Waals surface area contributed by atoms with Crippen molar-refractivity contribution in [2.45, 2.75) is 39.3 Å². The van der Waals surface area contributed by atoms with E-state index in [0.29, 0.717) is 32.5 Å². The van der Waals surface area contributed by atoms with Crippen LogP contribution in [0.3, 0.4) is 0 Å². The van der Waals surface area contributed by atoms with E-state index in [-0.39, 0.29) is 12.0 Å². The molecule has 0 fully saturated rings. The van der Waals surface area contributed by atoms with Crippen molar-refractivity contribution in [1.82, 2.24) is 9.88 Å². The van der Waals surface area contributed by atoms with Gasteiger partial charge < -0.3 is 4.74 Å². The van der Waals surface area contributed by atoms with Crippen LogP contribution in [-0.4, -0.2) is 35.0 Å². The Bertz CT molecular complexity index is 442. The molecule has 1 atom stereocenters. The van der Waals surface area contributed by atoms with E-state index in [1.807, 2.05) is 24.0 Å². The Morgan fingerprint density at radius 1 is 1.55 bits per heavy atom. The number of pyridine rings is 1. The molecule has 0 amide bonds. The lowest BCUT2D eigenvalue weighted by atomic mass is 10.1. The average Bonchev–Trinajstić information content (AvgIpc) is 2.46. The van der Waals surface area contributed by atoms with E-state index in [4.69, 9.17) is 10.00 Å². The smallest absolute Gasteiger partial charge is 0.323 e. The van der Waals surface area contributed by atoms with Crippen molar-refractivity contribution in [2.75, 3.05) is 13.2 Å². The predicted octanol–water partition coefficient (Wildman–Crippen LogP) is 2.14. The molecule has 20 heavy (non-hydrogen) atoms. The number of esters is 1. The maximum atomic E-state index is 12.0. The minimum Gasteiger partial charge on any atom is -0.465 e. The van der Waals surface area contributed by atoms with Crippen LogP contribution >= 0.6 is 0 Å². The first kappa shape index (κ1) is 16.1. The fourth-order valence-electron chi connectivity index (χ4n) is 2.08. The van der Waals surface area contributed by atoms with Crippen LogP contribution < -0.4 is 0 Å². The average molecular weight is 275 g/mol. The van der Waals surface area contributed by atoms with Crippen molar-refractivity contribution in [1.29, 1.82) is 5.26 Å². The molecule has 1 aromatic rings. The molecule has 108 valence electrons. The summed E-state index contributed by atoms with van der Waals surface area (Å²) in [6.07, 6.45) is 4.53. The molecule has 1 heterocycles. The third-order valence-corrected chi connectivity index (χ3v) is 3.01. The standard InChI is InChI=1S/C15H21N3O2/c1-3-14(15(19)20-4-2)18(10-6-8-16)12-13-7-5-9-17-11-13/h5,7,9,11,14H,3-4,6,10,12H2,1-2H3. The van der Waals surface area contributed by atoms with Crippen LogP contribution in [0.4, 0.5) is 0 Å². The molecule has 0 bridgehead atoms. The van der Waals surface area contributed by atoms with Crippen LogP contribution in [0.5, 0.6) is 0 Å². The number of rotatable bonds is 8. The highest BCUT2D eigenvalue weighted by Gasteiger charge is 2.25. The van der Waals surface area contributed by atoms with Gasteiger partial charge in [-0.1, -0.05) is 13.0 Å². The highest BCUT2D eigenvalue weighted by Crippen LogP contribution is 2.12. The van der Waals surface area contributed by atoms with Gasteiger partial charge in [-0.3, -0.25) is 14.7 Å². The number of nitrogens with zero attached hydrogens (tertiary/aromatic N) is 3. The fraction of sp³-hybridized carbons (Fsp3) is 0.533. The van der Waals surface area contributed by atoms with Crippen molar-refractivity contribution < 1.29 is 9.53 Å². The highest BCUT2D eigenvalue weighted by molar-refractivity contribution is 5.75. The molecule has 0 aromatic carbocycles. The van der Waals surface area contributed by atoms with E-state index >= 15 is 0 Å². The first-order valence-corrected chi connectivity index (χ1v) is 6.89. The van der Waals surface area contributed by atoms with E-state index in [1.165, 1.54) is 0 Å². The summed E-state index contributed by atoms with van der Waals surface area (Å²) in [5.74, 6) is -0.225. The van der Waals surface area contributed by atoms with Crippen molar-refractivity contribution in [3.63, 3.8) is 0 Å². The number of hydrogen-bond donors (Lipinski definition) is 0. The second-order valence-corrected chi connectivity index (χ2v) is 4.42. The zero-order chi connectivity index (χ0) is 14.8. The number of ether oxygens (including phenoxy) is 1. The topological polar surface area (TPSA) is 66.2 Å². The Morgan fingerprint density at radius 2 is 2.35 bits per heavy atom. The van der Waals surface area contributed by atoms with E-state index in [1.54, 1.807) is 19.3 Å². The normalized spacial score (nSPS) is 11.9. The Balaban J connectivity index is 2.80. The summed E-state index contributed by atoms with van der Waals surface area (Å²) < 4.78 is 5.11. The summed E-state index contributed by atoms with van der Waals surface area (Å²) in [4.78, 5) is 18.1. The zero-order valence-electron chi connectivity index (χ0n) is 12.1. The summed E-state index contributed by atoms with van der Waals surface area (Å²) in [6.45, 7) is 5.25. The van der Waals surface area contributed by atoms with Gasteiger partial charge in [-0.05, 0) is 25.0 Å². The first-order chi connectivity index (χ1) is 9.72. The van der Waals surface area contributed by atoms with Gasteiger partial charge in [0.1, 0.15) is 6.04 Å². The quantitative estimate of drug-likeness (QED) is 0.680. The van der Waals surface area contributed by atoms with E-state index in [2.05, 4.69) is 11.1 Å². The number of carbonyl (C=O) groups is 1. The summed E-state index contributed by atoms with van der Waals surface area (Å²) in [7, 11) is 0. The molecule has 0 aliphatic carbocycles. The minimum absolute atomic E-state index is 0.225. The number of aromatic nitrogens is 1. The lowest BCUT2D eigenvalue weighted by Gasteiger charge is -2.28. The maximum Gasteiger partial charge on any atom is 0.323 e. The Labute approximate surface area is 120 Å². The van der Waals surface area contributed by atoms with Gasteiger partial charge in [0.15, 0.2) is 0 Å². The van der Waals surface area contributed by atoms with Crippen LogP contribution in [0.25, 0.3) is 0 Å². The molecule has 1 rings (SSSR count). The van der Waals surface area contributed by atoms with Crippen molar-refractivity contribution in [3.8, 4) is 6.07 Å². The van der Waals surface area contributed by atoms with Gasteiger partial charge in [-0.15, -0.1) is 0 Å². The van der Waals surface area contributed by atoms with E-state index < -0.39 is 0 Å². The maximum absolute atomic E-state index is 12.0. The second kappa shape index (κ2) is 9.05. The monoisotopic (exact) mass is 275 g/mol. The van der Waals surface area contributed by atoms with E-state index in [9.17, 15) is 4.79 Å². The van der Waals surface area contributed by atoms with Gasteiger partial charge in [0.05, 0.1) is 12.7 Å². The van der Waals surface area contributed by atoms with Gasteiger partial charge in [0.25, 0.3) is 0 Å². The summed E-state index contributed by atoms with van der Waals surface area (Å²) in [5.41, 5.74) is 1.02. The zero-order valence-corrected chi connectivity index (χ0v) is 12.1. The number of hydrogen-bond acceptors (Lipinski definition) is 5. The molecule has 0 saturated heterocycles.